The maximum atomic E-state index is 13.2. The number of piperidine rings is 1. The van der Waals surface area contributed by atoms with E-state index in [-0.39, 0.29) is 17.4 Å². The van der Waals surface area contributed by atoms with Crippen molar-refractivity contribution in [3.05, 3.63) is 29.3 Å². The number of hydrogen-bond acceptors (Lipinski definition) is 5. The molecule has 188 valence electrons. The molecule has 2 heterocycles. The molecule has 2 aliphatic carbocycles. The van der Waals surface area contributed by atoms with Gasteiger partial charge in [0.1, 0.15) is 0 Å². The number of nitrogens with one attached hydrogen (secondary N) is 1. The molecule has 2 aliphatic heterocycles. The standard InChI is InChI=1S/C26H39N3O4S/c30-25(27-20-26(11-2-1-3-12-26)28-15-17-33-18-16-28)22-9-13-29(14-10-22)34(31,32)24-8-7-21-5-4-6-23(21)19-24/h7-8,19,22H,1-6,9-18,20H2,(H,27,30). The van der Waals surface area contributed by atoms with Gasteiger partial charge in [0.25, 0.3) is 0 Å². The molecule has 0 bridgehead atoms. The molecular formula is C26H39N3O4S. The number of carbonyl (C=O) groups excluding carboxylic acids is 1. The summed E-state index contributed by atoms with van der Waals surface area (Å²) in [4.78, 5) is 16.0. The first kappa shape index (κ1) is 24.2. The molecule has 0 unspecified atom stereocenters. The van der Waals surface area contributed by atoms with Crippen LogP contribution in [0.4, 0.5) is 0 Å². The molecule has 3 fully saturated rings. The summed E-state index contributed by atoms with van der Waals surface area (Å²) in [6, 6.07) is 5.60. The number of nitrogens with zero attached hydrogens (tertiary/aromatic N) is 2. The zero-order valence-electron chi connectivity index (χ0n) is 20.3. The monoisotopic (exact) mass is 489 g/mol. The first-order valence-electron chi connectivity index (χ1n) is 13.2. The van der Waals surface area contributed by atoms with Crippen LogP contribution in [0.3, 0.4) is 0 Å². The third-order valence-electron chi connectivity index (χ3n) is 8.59. The van der Waals surface area contributed by atoms with Gasteiger partial charge in [-0.2, -0.15) is 4.31 Å². The van der Waals surface area contributed by atoms with Crippen LogP contribution in [0, 0.1) is 5.92 Å². The van der Waals surface area contributed by atoms with Crippen LogP contribution >= 0.6 is 0 Å². The second-order valence-corrected chi connectivity index (χ2v) is 12.5. The van der Waals surface area contributed by atoms with Crippen molar-refractivity contribution in [2.24, 2.45) is 5.92 Å². The Kier molecular flexibility index (Phi) is 7.30. The number of carbonyl (C=O) groups is 1. The topological polar surface area (TPSA) is 79.0 Å². The minimum Gasteiger partial charge on any atom is -0.379 e. The second-order valence-electron chi connectivity index (χ2n) is 10.6. The zero-order chi connectivity index (χ0) is 23.6. The van der Waals surface area contributed by atoms with Gasteiger partial charge in [0.2, 0.25) is 15.9 Å². The molecule has 1 amide bonds. The third kappa shape index (κ3) is 4.92. The average molecular weight is 490 g/mol. The first-order valence-corrected chi connectivity index (χ1v) is 14.6. The highest BCUT2D eigenvalue weighted by Gasteiger charge is 2.40. The normalized spacial score (nSPS) is 24.6. The smallest absolute Gasteiger partial charge is 0.243 e. The minimum absolute atomic E-state index is 0.0509. The van der Waals surface area contributed by atoms with Crippen LogP contribution in [0.1, 0.15) is 62.5 Å². The van der Waals surface area contributed by atoms with Crippen LogP contribution in [0.25, 0.3) is 0 Å². The van der Waals surface area contributed by atoms with E-state index in [1.165, 1.54) is 30.4 Å². The van der Waals surface area contributed by atoms with Crippen molar-refractivity contribution in [2.45, 2.75) is 74.6 Å². The van der Waals surface area contributed by atoms with Crippen molar-refractivity contribution < 1.29 is 17.9 Å². The Balaban J connectivity index is 1.17. The minimum atomic E-state index is -3.50. The molecule has 1 N–H and O–H groups in total. The molecule has 7 nitrogen and oxygen atoms in total. The molecule has 1 saturated carbocycles. The van der Waals surface area contributed by atoms with E-state index in [4.69, 9.17) is 4.74 Å². The number of rotatable bonds is 6. The summed E-state index contributed by atoms with van der Waals surface area (Å²) < 4.78 is 33.6. The van der Waals surface area contributed by atoms with E-state index in [0.29, 0.717) is 37.4 Å². The Morgan fingerprint density at radius 2 is 1.68 bits per heavy atom. The predicted octanol–water partition coefficient (Wildman–Crippen LogP) is 2.73. The molecule has 2 saturated heterocycles. The highest BCUT2D eigenvalue weighted by atomic mass is 32.2. The third-order valence-corrected chi connectivity index (χ3v) is 10.5. The summed E-state index contributed by atoms with van der Waals surface area (Å²) in [5.74, 6) is -0.0235. The average Bonchev–Trinajstić information content (AvgIpc) is 3.37. The Bertz CT molecular complexity index is 976. The van der Waals surface area contributed by atoms with Crippen LogP contribution in [0.2, 0.25) is 0 Å². The van der Waals surface area contributed by atoms with Gasteiger partial charge in [-0.3, -0.25) is 9.69 Å². The van der Waals surface area contributed by atoms with Crippen molar-refractivity contribution in [2.75, 3.05) is 45.9 Å². The highest BCUT2D eigenvalue weighted by molar-refractivity contribution is 7.89. The van der Waals surface area contributed by atoms with Crippen molar-refractivity contribution in [1.82, 2.24) is 14.5 Å². The second kappa shape index (κ2) is 10.2. The van der Waals surface area contributed by atoms with Gasteiger partial charge in [-0.1, -0.05) is 25.3 Å². The van der Waals surface area contributed by atoms with E-state index in [2.05, 4.69) is 10.2 Å². The molecule has 8 heteroatoms. The van der Waals surface area contributed by atoms with Gasteiger partial charge in [0.05, 0.1) is 18.1 Å². The van der Waals surface area contributed by atoms with Gasteiger partial charge in [0, 0.05) is 44.2 Å². The van der Waals surface area contributed by atoms with Crippen LogP contribution in [-0.2, 0) is 32.4 Å². The molecule has 0 aromatic heterocycles. The molecule has 34 heavy (non-hydrogen) atoms. The van der Waals surface area contributed by atoms with Crippen LogP contribution in [0.15, 0.2) is 23.1 Å². The maximum absolute atomic E-state index is 13.2. The maximum Gasteiger partial charge on any atom is 0.243 e. The van der Waals surface area contributed by atoms with E-state index in [1.807, 2.05) is 12.1 Å². The van der Waals surface area contributed by atoms with E-state index in [1.54, 1.807) is 10.4 Å². The van der Waals surface area contributed by atoms with Gasteiger partial charge in [0.15, 0.2) is 0 Å². The SMILES string of the molecule is O=C(NCC1(N2CCOCC2)CCCCC1)C1CCN(S(=O)(=O)c2ccc3c(c2)CCC3)CC1. The molecule has 1 aromatic carbocycles. The van der Waals surface area contributed by atoms with Crippen molar-refractivity contribution in [3.8, 4) is 0 Å². The van der Waals surface area contributed by atoms with E-state index in [9.17, 15) is 13.2 Å². The number of morpholine rings is 1. The molecule has 0 radical (unpaired) electrons. The number of sulfonamides is 1. The van der Waals surface area contributed by atoms with E-state index >= 15 is 0 Å². The van der Waals surface area contributed by atoms with E-state index < -0.39 is 10.0 Å². The summed E-state index contributed by atoms with van der Waals surface area (Å²) in [6.07, 6.45) is 10.2. The number of benzene rings is 1. The number of ether oxygens (including phenoxy) is 1. The zero-order valence-corrected chi connectivity index (χ0v) is 21.1. The fourth-order valence-electron chi connectivity index (χ4n) is 6.46. The number of fused-ring (bicyclic) bond motifs is 1. The molecule has 0 atom stereocenters. The van der Waals surface area contributed by atoms with Crippen LogP contribution < -0.4 is 5.32 Å². The highest BCUT2D eigenvalue weighted by Crippen LogP contribution is 2.34. The Hall–Kier alpha value is -1.48. The van der Waals surface area contributed by atoms with Crippen molar-refractivity contribution >= 4 is 15.9 Å². The Morgan fingerprint density at radius 3 is 2.41 bits per heavy atom. The summed E-state index contributed by atoms with van der Waals surface area (Å²) in [5.41, 5.74) is 2.50. The van der Waals surface area contributed by atoms with Gasteiger partial charge in [-0.15, -0.1) is 0 Å². The molecular weight excluding hydrogens is 450 g/mol. The Labute approximate surface area is 204 Å². The lowest BCUT2D eigenvalue weighted by Crippen LogP contribution is -2.60. The predicted molar refractivity (Wildman–Crippen MR) is 131 cm³/mol. The number of hydrogen-bond donors (Lipinski definition) is 1. The fraction of sp³-hybridized carbons (Fsp3) is 0.731. The largest absolute Gasteiger partial charge is 0.379 e. The molecule has 1 aromatic rings. The number of amides is 1. The number of aryl methyl sites for hydroxylation is 2. The molecule has 4 aliphatic rings. The lowest BCUT2D eigenvalue weighted by Gasteiger charge is -2.48. The fourth-order valence-corrected chi connectivity index (χ4v) is 7.99. The summed E-state index contributed by atoms with van der Waals surface area (Å²) in [7, 11) is -3.50. The van der Waals surface area contributed by atoms with Crippen LogP contribution in [-0.4, -0.2) is 75.0 Å². The summed E-state index contributed by atoms with van der Waals surface area (Å²) in [6.45, 7) is 4.93. The van der Waals surface area contributed by atoms with Gasteiger partial charge < -0.3 is 10.1 Å². The van der Waals surface area contributed by atoms with Gasteiger partial charge >= 0.3 is 0 Å². The summed E-state index contributed by atoms with van der Waals surface area (Å²) in [5, 5.41) is 3.28. The van der Waals surface area contributed by atoms with Crippen LogP contribution in [0.5, 0.6) is 0 Å². The quantitative estimate of drug-likeness (QED) is 0.665. The Morgan fingerprint density at radius 1 is 0.971 bits per heavy atom. The lowest BCUT2D eigenvalue weighted by molar-refractivity contribution is -0.127. The lowest BCUT2D eigenvalue weighted by atomic mass is 9.79. The summed E-state index contributed by atoms with van der Waals surface area (Å²) >= 11 is 0. The molecule has 0 spiro atoms. The van der Waals surface area contributed by atoms with Gasteiger partial charge in [-0.25, -0.2) is 8.42 Å². The molecule has 5 rings (SSSR count). The first-order chi connectivity index (χ1) is 16.5. The van der Waals surface area contributed by atoms with Crippen molar-refractivity contribution in [3.63, 3.8) is 0 Å². The van der Waals surface area contributed by atoms with Gasteiger partial charge in [-0.05, 0) is 68.2 Å². The van der Waals surface area contributed by atoms with E-state index in [0.717, 1.165) is 58.4 Å². The van der Waals surface area contributed by atoms with Crippen molar-refractivity contribution in [1.29, 1.82) is 0 Å².